The van der Waals surface area contributed by atoms with E-state index in [4.69, 9.17) is 0 Å². The SMILES string of the molecule is c1ccc(-c2cccc3cccc(-c4ccccc4N(c4cccc(-c5cccc6ccccc56)c4)c4cccc5c4sc4ccccc45)c23)cc1. The monoisotopic (exact) mass is 679 g/mol. The topological polar surface area (TPSA) is 3.24 Å². The molecule has 0 unspecified atom stereocenters. The van der Waals surface area contributed by atoms with Gasteiger partial charge in [-0.3, -0.25) is 0 Å². The average Bonchev–Trinajstić information content (AvgIpc) is 3.61. The largest absolute Gasteiger partial charge is 0.308 e. The van der Waals surface area contributed by atoms with E-state index < -0.39 is 0 Å². The Bertz CT molecular complexity index is 2910. The quantitative estimate of drug-likeness (QED) is 0.169. The van der Waals surface area contributed by atoms with Crippen LogP contribution in [0.3, 0.4) is 0 Å². The Labute approximate surface area is 307 Å². The minimum Gasteiger partial charge on any atom is -0.308 e. The summed E-state index contributed by atoms with van der Waals surface area (Å²) < 4.78 is 2.57. The molecule has 0 radical (unpaired) electrons. The first-order valence-electron chi connectivity index (χ1n) is 17.8. The summed E-state index contributed by atoms with van der Waals surface area (Å²) in [5.41, 5.74) is 10.7. The van der Waals surface area contributed by atoms with Crippen LogP contribution in [-0.2, 0) is 0 Å². The molecule has 52 heavy (non-hydrogen) atoms. The number of para-hydroxylation sites is 1. The van der Waals surface area contributed by atoms with E-state index in [1.165, 1.54) is 80.8 Å². The zero-order valence-corrected chi connectivity index (χ0v) is 29.2. The van der Waals surface area contributed by atoms with Crippen LogP contribution in [0.5, 0.6) is 0 Å². The van der Waals surface area contributed by atoms with E-state index in [2.05, 4.69) is 205 Å². The van der Waals surface area contributed by atoms with Gasteiger partial charge in [-0.25, -0.2) is 0 Å². The maximum Gasteiger partial charge on any atom is 0.0640 e. The molecule has 9 aromatic carbocycles. The van der Waals surface area contributed by atoms with Gasteiger partial charge in [0.25, 0.3) is 0 Å². The second-order valence-corrected chi connectivity index (χ2v) is 14.3. The molecule has 10 aromatic rings. The van der Waals surface area contributed by atoms with E-state index >= 15 is 0 Å². The van der Waals surface area contributed by atoms with E-state index in [1.54, 1.807) is 0 Å². The van der Waals surface area contributed by atoms with Crippen molar-refractivity contribution in [1.82, 2.24) is 0 Å². The number of hydrogen-bond donors (Lipinski definition) is 0. The molecular formula is C50H33NS. The third-order valence-electron chi connectivity index (χ3n) is 10.3. The first kappa shape index (κ1) is 30.4. The molecule has 0 spiro atoms. The van der Waals surface area contributed by atoms with Gasteiger partial charge in [-0.15, -0.1) is 11.3 Å². The Morgan fingerprint density at radius 3 is 1.81 bits per heavy atom. The molecule has 0 amide bonds. The van der Waals surface area contributed by atoms with Crippen LogP contribution in [0.4, 0.5) is 17.1 Å². The summed E-state index contributed by atoms with van der Waals surface area (Å²) in [4.78, 5) is 2.49. The zero-order valence-electron chi connectivity index (χ0n) is 28.4. The van der Waals surface area contributed by atoms with Gasteiger partial charge in [0.05, 0.1) is 16.1 Å². The lowest BCUT2D eigenvalue weighted by atomic mass is 9.90. The fourth-order valence-corrected chi connectivity index (χ4v) is 9.13. The molecule has 0 aliphatic rings. The van der Waals surface area contributed by atoms with Gasteiger partial charge in [0.2, 0.25) is 0 Å². The van der Waals surface area contributed by atoms with Crippen molar-refractivity contribution in [2.45, 2.75) is 0 Å². The second-order valence-electron chi connectivity index (χ2n) is 13.3. The lowest BCUT2D eigenvalue weighted by Gasteiger charge is -2.29. The number of anilines is 3. The lowest BCUT2D eigenvalue weighted by molar-refractivity contribution is 1.30. The van der Waals surface area contributed by atoms with Gasteiger partial charge < -0.3 is 4.90 Å². The number of hydrogen-bond acceptors (Lipinski definition) is 2. The van der Waals surface area contributed by atoms with E-state index in [0.717, 1.165) is 11.4 Å². The second kappa shape index (κ2) is 12.7. The smallest absolute Gasteiger partial charge is 0.0640 e. The molecule has 0 atom stereocenters. The number of nitrogens with zero attached hydrogens (tertiary/aromatic N) is 1. The Morgan fingerprint density at radius 2 is 0.923 bits per heavy atom. The van der Waals surface area contributed by atoms with Gasteiger partial charge in [0.1, 0.15) is 0 Å². The van der Waals surface area contributed by atoms with Crippen molar-refractivity contribution in [3.05, 3.63) is 200 Å². The minimum atomic E-state index is 1.12. The molecule has 10 rings (SSSR count). The summed E-state index contributed by atoms with van der Waals surface area (Å²) in [6.45, 7) is 0. The summed E-state index contributed by atoms with van der Waals surface area (Å²) in [6, 6.07) is 73.0. The van der Waals surface area contributed by atoms with Crippen LogP contribution in [0, 0.1) is 0 Å². The Morgan fingerprint density at radius 1 is 0.346 bits per heavy atom. The fraction of sp³-hybridized carbons (Fsp3) is 0. The first-order valence-corrected chi connectivity index (χ1v) is 18.6. The third kappa shape index (κ3) is 5.07. The van der Waals surface area contributed by atoms with Crippen molar-refractivity contribution in [2.24, 2.45) is 0 Å². The van der Waals surface area contributed by atoms with Crippen LogP contribution in [0.1, 0.15) is 0 Å². The lowest BCUT2D eigenvalue weighted by Crippen LogP contribution is -2.11. The van der Waals surface area contributed by atoms with Gasteiger partial charge in [-0.05, 0) is 79.7 Å². The van der Waals surface area contributed by atoms with E-state index in [-0.39, 0.29) is 0 Å². The standard InChI is InChI=1S/C50H33NS/c1-2-15-35(16-3-1)41-27-12-19-36-20-13-28-44(49(36)41)42-24-6-8-30-46(42)51(47-31-14-29-45-43-25-7-9-32-48(43)52-50(45)47)38-22-10-21-37(33-38)40-26-11-18-34-17-4-5-23-39(34)40/h1-33H. The molecular weight excluding hydrogens is 647 g/mol. The molecule has 244 valence electrons. The maximum atomic E-state index is 2.49. The van der Waals surface area contributed by atoms with Gasteiger partial charge >= 0.3 is 0 Å². The Kier molecular flexibility index (Phi) is 7.41. The zero-order chi connectivity index (χ0) is 34.4. The van der Waals surface area contributed by atoms with Gasteiger partial charge in [0.15, 0.2) is 0 Å². The summed E-state index contributed by atoms with van der Waals surface area (Å²) in [7, 11) is 0. The highest BCUT2D eigenvalue weighted by Crippen LogP contribution is 2.49. The Hall–Kier alpha value is -6.48. The van der Waals surface area contributed by atoms with Crippen LogP contribution in [0.2, 0.25) is 0 Å². The van der Waals surface area contributed by atoms with Crippen molar-refractivity contribution in [3.8, 4) is 33.4 Å². The van der Waals surface area contributed by atoms with Crippen LogP contribution in [0.15, 0.2) is 200 Å². The van der Waals surface area contributed by atoms with E-state index in [0.29, 0.717) is 0 Å². The third-order valence-corrected chi connectivity index (χ3v) is 11.5. The minimum absolute atomic E-state index is 1.12. The van der Waals surface area contributed by atoms with Crippen molar-refractivity contribution in [3.63, 3.8) is 0 Å². The predicted octanol–water partition coefficient (Wildman–Crippen LogP) is 14.8. The summed E-state index contributed by atoms with van der Waals surface area (Å²) in [6.07, 6.45) is 0. The van der Waals surface area contributed by atoms with Crippen molar-refractivity contribution in [1.29, 1.82) is 0 Å². The number of thiophene rings is 1. The van der Waals surface area contributed by atoms with Crippen LogP contribution in [0.25, 0.3) is 75.1 Å². The number of fused-ring (bicyclic) bond motifs is 5. The molecule has 0 aliphatic heterocycles. The van der Waals surface area contributed by atoms with Gasteiger partial charge in [0, 0.05) is 26.7 Å². The molecule has 0 aliphatic carbocycles. The molecule has 2 heteroatoms. The predicted molar refractivity (Wildman–Crippen MR) is 225 cm³/mol. The number of benzene rings is 9. The van der Waals surface area contributed by atoms with Crippen LogP contribution in [-0.4, -0.2) is 0 Å². The molecule has 1 heterocycles. The average molecular weight is 680 g/mol. The van der Waals surface area contributed by atoms with Crippen LogP contribution >= 0.6 is 11.3 Å². The maximum absolute atomic E-state index is 2.49. The highest BCUT2D eigenvalue weighted by atomic mass is 32.1. The highest BCUT2D eigenvalue weighted by molar-refractivity contribution is 7.26. The molecule has 0 bridgehead atoms. The molecule has 0 saturated carbocycles. The van der Waals surface area contributed by atoms with Gasteiger partial charge in [-0.2, -0.15) is 0 Å². The molecule has 0 fully saturated rings. The molecule has 0 saturated heterocycles. The highest BCUT2D eigenvalue weighted by Gasteiger charge is 2.23. The molecule has 1 nitrogen and oxygen atoms in total. The van der Waals surface area contributed by atoms with E-state index in [1.807, 2.05) is 11.3 Å². The summed E-state index contributed by atoms with van der Waals surface area (Å²) >= 11 is 1.87. The van der Waals surface area contributed by atoms with Crippen molar-refractivity contribution >= 4 is 70.1 Å². The molecule has 0 N–H and O–H groups in total. The van der Waals surface area contributed by atoms with Gasteiger partial charge in [-0.1, -0.05) is 170 Å². The van der Waals surface area contributed by atoms with E-state index in [9.17, 15) is 0 Å². The summed E-state index contributed by atoms with van der Waals surface area (Å²) in [5, 5.41) is 7.56. The van der Waals surface area contributed by atoms with Crippen LogP contribution < -0.4 is 4.90 Å². The normalized spacial score (nSPS) is 11.5. The Balaban J connectivity index is 1.26. The number of rotatable bonds is 6. The molecule has 1 aromatic heterocycles. The fourth-order valence-electron chi connectivity index (χ4n) is 7.93. The van der Waals surface area contributed by atoms with Crippen molar-refractivity contribution in [2.75, 3.05) is 4.90 Å². The summed E-state index contributed by atoms with van der Waals surface area (Å²) in [5.74, 6) is 0. The van der Waals surface area contributed by atoms with Crippen molar-refractivity contribution < 1.29 is 0 Å². The first-order chi connectivity index (χ1) is 25.8.